The van der Waals surface area contributed by atoms with Crippen LogP contribution in [-0.2, 0) is 20.7 Å². The largest absolute Gasteiger partial charge is 0.347 e. The number of benzene rings is 1. The fourth-order valence-corrected chi connectivity index (χ4v) is 2.48. The molecule has 0 aliphatic carbocycles. The first-order valence-electron chi connectivity index (χ1n) is 5.53. The average molecular weight is 254 g/mol. The van der Waals surface area contributed by atoms with E-state index < -0.39 is 5.79 Å². The van der Waals surface area contributed by atoms with Crippen molar-refractivity contribution in [3.05, 3.63) is 28.8 Å². The van der Waals surface area contributed by atoms with Gasteiger partial charge in [0.05, 0.1) is 19.6 Å². The molecule has 2 aliphatic heterocycles. The van der Waals surface area contributed by atoms with E-state index in [9.17, 15) is 4.79 Å². The Morgan fingerprint density at radius 3 is 2.76 bits per heavy atom. The number of fused-ring (bicyclic) bond motifs is 1. The second kappa shape index (κ2) is 3.98. The maximum absolute atomic E-state index is 11.8. The van der Waals surface area contributed by atoms with Crippen LogP contribution in [0.2, 0.25) is 5.02 Å². The molecule has 5 heteroatoms. The van der Waals surface area contributed by atoms with Crippen molar-refractivity contribution in [3.8, 4) is 0 Å². The summed E-state index contributed by atoms with van der Waals surface area (Å²) in [7, 11) is 0. The highest BCUT2D eigenvalue weighted by Crippen LogP contribution is 2.34. The van der Waals surface area contributed by atoms with Gasteiger partial charge in [0.2, 0.25) is 5.91 Å². The summed E-state index contributed by atoms with van der Waals surface area (Å²) in [6.45, 7) is 1.08. The van der Waals surface area contributed by atoms with Gasteiger partial charge >= 0.3 is 0 Å². The summed E-state index contributed by atoms with van der Waals surface area (Å²) < 4.78 is 11.2. The van der Waals surface area contributed by atoms with E-state index in [1.165, 1.54) is 0 Å². The third-order valence-corrected chi connectivity index (χ3v) is 3.28. The van der Waals surface area contributed by atoms with Gasteiger partial charge in [-0.3, -0.25) is 4.79 Å². The molecule has 17 heavy (non-hydrogen) atoms. The predicted molar refractivity (Wildman–Crippen MR) is 63.0 cm³/mol. The van der Waals surface area contributed by atoms with Gasteiger partial charge in [-0.1, -0.05) is 17.7 Å². The zero-order chi connectivity index (χ0) is 11.9. The quantitative estimate of drug-likeness (QED) is 0.769. The summed E-state index contributed by atoms with van der Waals surface area (Å²) in [5.41, 5.74) is 1.74. The molecule has 1 fully saturated rings. The first-order chi connectivity index (χ1) is 8.17. The van der Waals surface area contributed by atoms with Crippen molar-refractivity contribution < 1.29 is 14.3 Å². The maximum Gasteiger partial charge on any atom is 0.229 e. The number of carbonyl (C=O) groups excluding carboxylic acids is 1. The van der Waals surface area contributed by atoms with Crippen molar-refractivity contribution in [2.45, 2.75) is 18.6 Å². The summed E-state index contributed by atoms with van der Waals surface area (Å²) >= 11 is 5.92. The topological polar surface area (TPSA) is 47.6 Å². The molecule has 1 amide bonds. The molecule has 3 rings (SSSR count). The van der Waals surface area contributed by atoms with Crippen molar-refractivity contribution in [2.75, 3.05) is 18.5 Å². The molecule has 1 aromatic carbocycles. The fourth-order valence-electron chi connectivity index (χ4n) is 2.31. The normalized spacial score (nSPS) is 22.1. The number of rotatable bonds is 0. The van der Waals surface area contributed by atoms with E-state index in [1.54, 1.807) is 12.1 Å². The molecule has 1 spiro atoms. The Hall–Kier alpha value is -1.10. The molecular formula is C12H12ClNO3. The molecule has 1 aromatic rings. The summed E-state index contributed by atoms with van der Waals surface area (Å²) in [4.78, 5) is 11.8. The molecular weight excluding hydrogens is 242 g/mol. The minimum atomic E-state index is -0.789. The van der Waals surface area contributed by atoms with E-state index in [0.717, 1.165) is 11.3 Å². The zero-order valence-corrected chi connectivity index (χ0v) is 9.92. The Morgan fingerprint density at radius 1 is 1.24 bits per heavy atom. The number of hydrogen-bond donors (Lipinski definition) is 1. The Kier molecular flexibility index (Phi) is 2.58. The molecule has 2 aliphatic rings. The summed E-state index contributed by atoms with van der Waals surface area (Å²) in [6, 6.07) is 5.46. The van der Waals surface area contributed by atoms with Gasteiger partial charge in [-0.2, -0.15) is 0 Å². The highest BCUT2D eigenvalue weighted by molar-refractivity contribution is 6.31. The first kappa shape index (κ1) is 11.0. The van der Waals surface area contributed by atoms with Crippen LogP contribution in [0.4, 0.5) is 5.69 Å². The molecule has 1 saturated heterocycles. The number of carbonyl (C=O) groups is 1. The van der Waals surface area contributed by atoms with Crippen molar-refractivity contribution in [1.29, 1.82) is 0 Å². The van der Waals surface area contributed by atoms with Gasteiger partial charge in [0.25, 0.3) is 0 Å². The second-order valence-corrected chi connectivity index (χ2v) is 4.75. The third-order valence-electron chi connectivity index (χ3n) is 3.05. The molecule has 4 nitrogen and oxygen atoms in total. The lowest BCUT2D eigenvalue weighted by molar-refractivity contribution is -0.165. The number of anilines is 1. The zero-order valence-electron chi connectivity index (χ0n) is 9.16. The van der Waals surface area contributed by atoms with Crippen molar-refractivity contribution >= 4 is 23.2 Å². The van der Waals surface area contributed by atoms with Crippen LogP contribution in [0, 0.1) is 0 Å². The van der Waals surface area contributed by atoms with Gasteiger partial charge in [0.1, 0.15) is 0 Å². The molecule has 0 bridgehead atoms. The number of nitrogens with one attached hydrogen (secondary N) is 1. The molecule has 0 saturated carbocycles. The van der Waals surface area contributed by atoms with Gasteiger partial charge in [0, 0.05) is 17.1 Å². The van der Waals surface area contributed by atoms with Gasteiger partial charge in [-0.15, -0.1) is 0 Å². The predicted octanol–water partition coefficient (Wildman–Crippen LogP) is 1.97. The number of amides is 1. The number of ether oxygens (including phenoxy) is 2. The molecule has 1 N–H and O–H groups in total. The lowest BCUT2D eigenvalue weighted by atomic mass is 10.0. The highest BCUT2D eigenvalue weighted by atomic mass is 35.5. The Morgan fingerprint density at radius 2 is 2.00 bits per heavy atom. The van der Waals surface area contributed by atoms with Crippen LogP contribution < -0.4 is 5.32 Å². The average Bonchev–Trinajstić information content (AvgIpc) is 2.64. The molecule has 2 heterocycles. The van der Waals surface area contributed by atoms with Crippen LogP contribution >= 0.6 is 11.6 Å². The fraction of sp³-hybridized carbons (Fsp3) is 0.417. The van der Waals surface area contributed by atoms with Crippen molar-refractivity contribution in [2.24, 2.45) is 0 Å². The number of halogens is 1. The standard InChI is InChI=1S/C12H12ClNO3/c13-9-2-1-8-6-12(16-3-4-17-12)7-11(15)14-10(8)5-9/h1-2,5H,3-4,6-7H2,(H,14,15). The monoisotopic (exact) mass is 253 g/mol. The van der Waals surface area contributed by atoms with E-state index in [2.05, 4.69) is 5.32 Å². The van der Waals surface area contributed by atoms with Crippen LogP contribution in [0.5, 0.6) is 0 Å². The summed E-state index contributed by atoms with van der Waals surface area (Å²) in [5, 5.41) is 3.44. The minimum absolute atomic E-state index is 0.104. The SMILES string of the molecule is O=C1CC2(Cc3ccc(Cl)cc3N1)OCCO2. The lowest BCUT2D eigenvalue weighted by Crippen LogP contribution is -2.35. The lowest BCUT2D eigenvalue weighted by Gasteiger charge is -2.24. The summed E-state index contributed by atoms with van der Waals surface area (Å²) in [5.74, 6) is -0.892. The van der Waals surface area contributed by atoms with Crippen LogP contribution in [0.25, 0.3) is 0 Å². The van der Waals surface area contributed by atoms with Crippen LogP contribution in [0.3, 0.4) is 0 Å². The maximum atomic E-state index is 11.8. The third kappa shape index (κ3) is 2.04. The van der Waals surface area contributed by atoms with Gasteiger partial charge in [-0.25, -0.2) is 0 Å². The van der Waals surface area contributed by atoms with Crippen LogP contribution in [0.15, 0.2) is 18.2 Å². The van der Waals surface area contributed by atoms with Crippen molar-refractivity contribution in [1.82, 2.24) is 0 Å². The Labute approximate surface area is 104 Å². The number of hydrogen-bond acceptors (Lipinski definition) is 3. The van der Waals surface area contributed by atoms with E-state index in [-0.39, 0.29) is 12.3 Å². The molecule has 0 atom stereocenters. The smallest absolute Gasteiger partial charge is 0.229 e. The minimum Gasteiger partial charge on any atom is -0.347 e. The van der Waals surface area contributed by atoms with Crippen LogP contribution in [0.1, 0.15) is 12.0 Å². The van der Waals surface area contributed by atoms with Crippen molar-refractivity contribution in [3.63, 3.8) is 0 Å². The highest BCUT2D eigenvalue weighted by Gasteiger charge is 2.41. The van der Waals surface area contributed by atoms with Crippen LogP contribution in [-0.4, -0.2) is 24.9 Å². The Bertz CT molecular complexity index is 469. The van der Waals surface area contributed by atoms with Gasteiger partial charge in [0.15, 0.2) is 5.79 Å². The van der Waals surface area contributed by atoms with E-state index in [0.29, 0.717) is 24.7 Å². The van der Waals surface area contributed by atoms with E-state index in [4.69, 9.17) is 21.1 Å². The Balaban J connectivity index is 2.01. The second-order valence-electron chi connectivity index (χ2n) is 4.31. The molecule has 0 aromatic heterocycles. The van der Waals surface area contributed by atoms with Gasteiger partial charge in [-0.05, 0) is 17.7 Å². The first-order valence-corrected chi connectivity index (χ1v) is 5.91. The molecule has 0 radical (unpaired) electrons. The van der Waals surface area contributed by atoms with Gasteiger partial charge < -0.3 is 14.8 Å². The summed E-state index contributed by atoms with van der Waals surface area (Å²) in [6.07, 6.45) is 0.789. The van der Waals surface area contributed by atoms with E-state index in [1.807, 2.05) is 6.07 Å². The molecule has 0 unspecified atom stereocenters. The van der Waals surface area contributed by atoms with E-state index >= 15 is 0 Å². The molecule has 90 valence electrons.